The van der Waals surface area contributed by atoms with Crippen molar-refractivity contribution >= 4 is 17.6 Å². The smallest absolute Gasteiger partial charge is 0.303 e. The Morgan fingerprint density at radius 3 is 2.63 bits per heavy atom. The second-order valence-electron chi connectivity index (χ2n) is 8.30. The average molecular weight is 399 g/mol. The van der Waals surface area contributed by atoms with E-state index in [0.717, 1.165) is 32.1 Å². The topological polar surface area (TPSA) is 77.8 Å². The quantitative estimate of drug-likeness (QED) is 0.268. The Kier molecular flexibility index (Phi) is 8.84. The highest BCUT2D eigenvalue weighted by atomic mass is 35.5. The van der Waals surface area contributed by atoms with Crippen LogP contribution in [0.15, 0.2) is 24.3 Å². The summed E-state index contributed by atoms with van der Waals surface area (Å²) in [7, 11) is 0. The van der Waals surface area contributed by atoms with E-state index in [9.17, 15) is 15.0 Å². The summed E-state index contributed by atoms with van der Waals surface area (Å²) in [5.74, 6) is -0.570. The van der Waals surface area contributed by atoms with Crippen molar-refractivity contribution in [2.45, 2.75) is 88.7 Å². The number of carboxylic acids is 1. The fourth-order valence-corrected chi connectivity index (χ4v) is 5.03. The number of carbonyl (C=O) groups is 1. The van der Waals surface area contributed by atoms with Gasteiger partial charge in [0, 0.05) is 17.7 Å². The number of aliphatic hydroxyl groups excluding tert-OH is 2. The van der Waals surface area contributed by atoms with Gasteiger partial charge in [0.15, 0.2) is 0 Å². The van der Waals surface area contributed by atoms with Crippen LogP contribution in [-0.4, -0.2) is 38.9 Å². The van der Waals surface area contributed by atoms with Crippen molar-refractivity contribution in [2.24, 2.45) is 17.3 Å². The van der Waals surface area contributed by atoms with Crippen molar-refractivity contribution in [1.29, 1.82) is 0 Å². The van der Waals surface area contributed by atoms with E-state index in [4.69, 9.17) is 16.7 Å². The maximum Gasteiger partial charge on any atom is 0.303 e. The number of aliphatic hydroxyl groups is 2. The molecule has 0 spiro atoms. The molecule has 27 heavy (non-hydrogen) atoms. The van der Waals surface area contributed by atoms with Crippen LogP contribution in [0.1, 0.15) is 71.1 Å². The van der Waals surface area contributed by atoms with Gasteiger partial charge in [0.05, 0.1) is 12.2 Å². The summed E-state index contributed by atoms with van der Waals surface area (Å²) in [4.78, 5) is 10.5. The Balaban J connectivity index is 1.83. The highest BCUT2D eigenvalue weighted by Crippen LogP contribution is 2.47. The van der Waals surface area contributed by atoms with E-state index in [0.29, 0.717) is 19.3 Å². The Labute approximate surface area is 168 Å². The third-order valence-electron chi connectivity index (χ3n) is 6.68. The van der Waals surface area contributed by atoms with Crippen LogP contribution in [0.3, 0.4) is 0 Å². The van der Waals surface area contributed by atoms with Crippen LogP contribution in [0.4, 0.5) is 0 Å². The predicted molar refractivity (Wildman–Crippen MR) is 109 cm³/mol. The van der Waals surface area contributed by atoms with Gasteiger partial charge in [-0.05, 0) is 62.7 Å². The first-order valence-corrected chi connectivity index (χ1v) is 10.9. The minimum atomic E-state index is -0.762. The summed E-state index contributed by atoms with van der Waals surface area (Å²) < 4.78 is 0. The molecule has 5 heteroatoms. The number of hydrogen-bond acceptors (Lipinski definition) is 3. The van der Waals surface area contributed by atoms with E-state index < -0.39 is 12.1 Å². The fraction of sp³-hybridized carbons (Fsp3) is 0.773. The van der Waals surface area contributed by atoms with Crippen molar-refractivity contribution in [3.63, 3.8) is 0 Å². The highest BCUT2D eigenvalue weighted by Gasteiger charge is 2.42. The Bertz CT molecular complexity index is 521. The molecule has 0 aromatic rings. The van der Waals surface area contributed by atoms with E-state index in [1.54, 1.807) is 0 Å². The summed E-state index contributed by atoms with van der Waals surface area (Å²) >= 11 is 6.46. The molecule has 0 amide bonds. The van der Waals surface area contributed by atoms with Crippen LogP contribution in [0.5, 0.6) is 0 Å². The summed E-state index contributed by atoms with van der Waals surface area (Å²) in [6.45, 7) is 2.16. The maximum absolute atomic E-state index is 10.5. The molecule has 4 nitrogen and oxygen atoms in total. The molecule has 0 aliphatic heterocycles. The highest BCUT2D eigenvalue weighted by molar-refractivity contribution is 6.21. The van der Waals surface area contributed by atoms with E-state index in [1.807, 2.05) is 12.2 Å². The molecule has 2 rings (SSSR count). The molecule has 154 valence electrons. The number of halogens is 1. The Morgan fingerprint density at radius 1 is 1.30 bits per heavy atom. The molecule has 0 bridgehead atoms. The van der Waals surface area contributed by atoms with E-state index in [-0.39, 0.29) is 35.2 Å². The first kappa shape index (κ1) is 22.4. The lowest BCUT2D eigenvalue weighted by Crippen LogP contribution is -2.40. The first-order valence-electron chi connectivity index (χ1n) is 10.4. The number of allylic oxidation sites excluding steroid dienone is 2. The second-order valence-corrected chi connectivity index (χ2v) is 8.86. The Morgan fingerprint density at radius 2 is 2.04 bits per heavy atom. The Hall–Kier alpha value is -0.840. The average Bonchev–Trinajstić information content (AvgIpc) is 2.84. The molecular formula is C22H35ClO4. The van der Waals surface area contributed by atoms with Crippen molar-refractivity contribution in [3.05, 3.63) is 24.3 Å². The summed E-state index contributed by atoms with van der Waals surface area (Å²) in [6.07, 6.45) is 15.5. The normalized spacial score (nSPS) is 31.4. The monoisotopic (exact) mass is 398 g/mol. The summed E-state index contributed by atoms with van der Waals surface area (Å²) in [5.41, 5.74) is 0.103. The standard InChI is InChI=1S/C22H35ClO4/c1-2-22(13-8-14-22)20(25)11-7-10-17-16(18(23)15-19(17)24)9-5-3-4-6-12-21(26)27/h3,5,7,10,16-20,24-25H,2,4,6,8-9,11-15H2,1H3,(H,26,27)/b5-3-,10-7+/t16-,17?,18-,19-,20+/m1/s1. The lowest BCUT2D eigenvalue weighted by atomic mass is 9.63. The zero-order chi connectivity index (χ0) is 19.9. The molecule has 3 N–H and O–H groups in total. The van der Waals surface area contributed by atoms with Gasteiger partial charge in [0.2, 0.25) is 0 Å². The molecule has 5 atom stereocenters. The van der Waals surface area contributed by atoms with Crippen molar-refractivity contribution < 1.29 is 20.1 Å². The predicted octanol–water partition coefficient (Wildman–Crippen LogP) is 4.68. The van der Waals surface area contributed by atoms with Crippen LogP contribution >= 0.6 is 11.6 Å². The fourth-order valence-electron chi connectivity index (χ4n) is 4.58. The van der Waals surface area contributed by atoms with Gasteiger partial charge in [-0.1, -0.05) is 37.6 Å². The van der Waals surface area contributed by atoms with E-state index in [2.05, 4.69) is 19.1 Å². The van der Waals surface area contributed by atoms with Gasteiger partial charge >= 0.3 is 5.97 Å². The summed E-state index contributed by atoms with van der Waals surface area (Å²) in [5, 5.41) is 29.5. The molecule has 2 fully saturated rings. The van der Waals surface area contributed by atoms with Gasteiger partial charge < -0.3 is 15.3 Å². The van der Waals surface area contributed by atoms with Crippen LogP contribution in [0.25, 0.3) is 0 Å². The molecule has 0 saturated heterocycles. The maximum atomic E-state index is 10.5. The van der Waals surface area contributed by atoms with Gasteiger partial charge in [0.1, 0.15) is 0 Å². The number of carboxylic acid groups (broad SMARTS) is 1. The number of unbranched alkanes of at least 4 members (excludes halogenated alkanes) is 1. The molecule has 2 aliphatic carbocycles. The van der Waals surface area contributed by atoms with Crippen LogP contribution in [-0.2, 0) is 4.79 Å². The van der Waals surface area contributed by atoms with Crippen LogP contribution in [0, 0.1) is 17.3 Å². The second kappa shape index (κ2) is 10.6. The molecule has 2 saturated carbocycles. The van der Waals surface area contributed by atoms with Gasteiger partial charge in [-0.3, -0.25) is 4.79 Å². The molecule has 0 heterocycles. The third kappa shape index (κ3) is 6.07. The SMILES string of the molecule is CCC1([C@@H](O)C/C=C/C2[C@H](O)C[C@@H](Cl)[C@@H]2C/C=C\CCCC(=O)O)CCC1. The number of alkyl halides is 1. The van der Waals surface area contributed by atoms with Gasteiger partial charge in [0.25, 0.3) is 0 Å². The van der Waals surface area contributed by atoms with Gasteiger partial charge in [-0.15, -0.1) is 11.6 Å². The van der Waals surface area contributed by atoms with Crippen LogP contribution < -0.4 is 0 Å². The molecule has 1 unspecified atom stereocenters. The zero-order valence-corrected chi connectivity index (χ0v) is 17.2. The molecule has 0 aromatic heterocycles. The van der Waals surface area contributed by atoms with Crippen molar-refractivity contribution in [3.8, 4) is 0 Å². The largest absolute Gasteiger partial charge is 0.481 e. The molecule has 0 aromatic carbocycles. The third-order valence-corrected chi connectivity index (χ3v) is 7.19. The molecule has 0 radical (unpaired) electrons. The van der Waals surface area contributed by atoms with Gasteiger partial charge in [-0.25, -0.2) is 0 Å². The number of aliphatic carboxylic acids is 1. The number of rotatable bonds is 11. The van der Waals surface area contributed by atoms with E-state index in [1.165, 1.54) is 6.42 Å². The first-order chi connectivity index (χ1) is 12.9. The van der Waals surface area contributed by atoms with Crippen molar-refractivity contribution in [2.75, 3.05) is 0 Å². The van der Waals surface area contributed by atoms with E-state index >= 15 is 0 Å². The van der Waals surface area contributed by atoms with Crippen LogP contribution in [0.2, 0.25) is 0 Å². The molecular weight excluding hydrogens is 364 g/mol. The summed E-state index contributed by atoms with van der Waals surface area (Å²) in [6, 6.07) is 0. The molecule has 2 aliphatic rings. The lowest BCUT2D eigenvalue weighted by Gasteiger charge is -2.45. The minimum Gasteiger partial charge on any atom is -0.481 e. The van der Waals surface area contributed by atoms with Gasteiger partial charge in [-0.2, -0.15) is 0 Å². The number of hydrogen-bond donors (Lipinski definition) is 3. The zero-order valence-electron chi connectivity index (χ0n) is 16.4. The van der Waals surface area contributed by atoms with Crippen molar-refractivity contribution in [1.82, 2.24) is 0 Å². The minimum absolute atomic E-state index is 0.0161. The lowest BCUT2D eigenvalue weighted by molar-refractivity contribution is -0.137.